The van der Waals surface area contributed by atoms with Crippen LogP contribution in [0.15, 0.2) is 176 Å². The molecule has 0 spiro atoms. The molecule has 0 fully saturated rings. The number of aromatic nitrogens is 1. The molecule has 7 aromatic carbocycles. The molecule has 3 nitrogen and oxygen atoms in total. The van der Waals surface area contributed by atoms with Crippen molar-refractivity contribution in [3.05, 3.63) is 193 Å². The van der Waals surface area contributed by atoms with E-state index in [0.29, 0.717) is 12.3 Å². The molecule has 0 atom stereocenters. The van der Waals surface area contributed by atoms with Crippen molar-refractivity contribution < 1.29 is 0 Å². The summed E-state index contributed by atoms with van der Waals surface area (Å²) in [5, 5.41) is 17.6. The van der Waals surface area contributed by atoms with Crippen LogP contribution in [-0.2, 0) is 6.54 Å². The third-order valence-corrected chi connectivity index (χ3v) is 10.7. The Bertz CT molecular complexity index is 2720. The molecule has 9 aromatic rings. The number of thiophene rings is 1. The van der Waals surface area contributed by atoms with Crippen molar-refractivity contribution >= 4 is 64.7 Å². The van der Waals surface area contributed by atoms with Crippen molar-refractivity contribution in [3.8, 4) is 16.8 Å². The summed E-state index contributed by atoms with van der Waals surface area (Å²) in [7, 11) is 0. The molecular formula is C46H33N3S. The predicted molar refractivity (Wildman–Crippen MR) is 214 cm³/mol. The summed E-state index contributed by atoms with van der Waals surface area (Å²) in [4.78, 5) is 0. The molecule has 50 heavy (non-hydrogen) atoms. The maximum Gasteiger partial charge on any atom is 0.0632 e. The number of rotatable bonds is 8. The van der Waals surface area contributed by atoms with Crippen molar-refractivity contribution in [1.29, 1.82) is 5.41 Å². The van der Waals surface area contributed by atoms with E-state index >= 15 is 0 Å². The number of hydrogen-bond donors (Lipinski definition) is 2. The minimum absolute atomic E-state index is 0.471. The molecule has 0 saturated carbocycles. The number of para-hydroxylation sites is 1. The summed E-state index contributed by atoms with van der Waals surface area (Å²) in [6.45, 7) is 0.622. The zero-order valence-electron chi connectivity index (χ0n) is 27.3. The number of nitrogens with one attached hydrogen (secondary N) is 2. The van der Waals surface area contributed by atoms with Crippen LogP contribution >= 0.6 is 11.3 Å². The number of benzene rings is 7. The van der Waals surface area contributed by atoms with Crippen molar-refractivity contribution in [2.45, 2.75) is 6.54 Å². The molecule has 4 heteroatoms. The van der Waals surface area contributed by atoms with Gasteiger partial charge in [-0.1, -0.05) is 133 Å². The van der Waals surface area contributed by atoms with Gasteiger partial charge in [-0.05, 0) is 70.3 Å². The molecule has 0 amide bonds. The van der Waals surface area contributed by atoms with E-state index in [2.05, 4.69) is 131 Å². The van der Waals surface area contributed by atoms with E-state index in [4.69, 9.17) is 5.41 Å². The van der Waals surface area contributed by atoms with Crippen LogP contribution in [0.25, 0.3) is 64.5 Å². The van der Waals surface area contributed by atoms with Crippen molar-refractivity contribution in [2.24, 2.45) is 0 Å². The zero-order chi connectivity index (χ0) is 33.4. The number of hydrogen-bond acceptors (Lipinski definition) is 3. The molecule has 0 aliphatic rings. The van der Waals surface area contributed by atoms with Gasteiger partial charge in [-0.2, -0.15) is 0 Å². The Morgan fingerprint density at radius 3 is 2.10 bits per heavy atom. The van der Waals surface area contributed by atoms with E-state index in [0.717, 1.165) is 28.1 Å². The van der Waals surface area contributed by atoms with Crippen LogP contribution in [-0.4, -0.2) is 10.3 Å². The average molecular weight is 660 g/mol. The van der Waals surface area contributed by atoms with Crippen LogP contribution in [0.4, 0.5) is 0 Å². The highest BCUT2D eigenvalue weighted by Crippen LogP contribution is 2.41. The standard InChI is InChI=1S/C46H33N3S/c47-41(32-14-3-1-4-15-32)29-42(33-16-5-2-6-17-33)48-30-31-13-11-18-35(27-31)49-43-23-9-7-19-37(43)40-28-34(25-26-44(40)49)36-21-12-22-39-38-20-8-10-24-45(38)50-46(36)39/h1-29,47-48H,30H2/b42-29-,47-41?. The fourth-order valence-electron chi connectivity index (χ4n) is 7.10. The molecule has 238 valence electrons. The lowest BCUT2D eigenvalue weighted by Crippen LogP contribution is -2.14. The first-order valence-electron chi connectivity index (χ1n) is 16.9. The maximum atomic E-state index is 8.79. The van der Waals surface area contributed by atoms with Gasteiger partial charge in [-0.3, -0.25) is 0 Å². The lowest BCUT2D eigenvalue weighted by molar-refractivity contribution is 0.888. The van der Waals surface area contributed by atoms with Crippen LogP contribution < -0.4 is 5.32 Å². The smallest absolute Gasteiger partial charge is 0.0632 e. The molecule has 0 aliphatic carbocycles. The second-order valence-corrected chi connectivity index (χ2v) is 13.6. The lowest BCUT2D eigenvalue weighted by atomic mass is 10.0. The minimum Gasteiger partial charge on any atom is -0.380 e. The van der Waals surface area contributed by atoms with Gasteiger partial charge >= 0.3 is 0 Å². The van der Waals surface area contributed by atoms with E-state index in [-0.39, 0.29) is 0 Å². The van der Waals surface area contributed by atoms with Gasteiger partial charge in [-0.25, -0.2) is 0 Å². The van der Waals surface area contributed by atoms with Crippen molar-refractivity contribution in [1.82, 2.24) is 9.88 Å². The van der Waals surface area contributed by atoms with E-state index in [1.54, 1.807) is 0 Å². The van der Waals surface area contributed by atoms with Crippen LogP contribution in [0.1, 0.15) is 16.7 Å². The molecule has 0 unspecified atom stereocenters. The quantitative estimate of drug-likeness (QED) is 0.157. The first kappa shape index (κ1) is 29.9. The predicted octanol–water partition coefficient (Wildman–Crippen LogP) is 12.0. The molecule has 0 saturated heterocycles. The van der Waals surface area contributed by atoms with Crippen LogP contribution in [0.3, 0.4) is 0 Å². The van der Waals surface area contributed by atoms with Gasteiger partial charge in [0.2, 0.25) is 0 Å². The van der Waals surface area contributed by atoms with Crippen LogP contribution in [0, 0.1) is 5.41 Å². The molecule has 9 rings (SSSR count). The molecule has 0 aliphatic heterocycles. The maximum absolute atomic E-state index is 8.79. The van der Waals surface area contributed by atoms with Gasteiger partial charge in [0.1, 0.15) is 0 Å². The number of nitrogens with zero attached hydrogens (tertiary/aromatic N) is 1. The molecule has 2 aromatic heterocycles. The summed E-state index contributed by atoms with van der Waals surface area (Å²) >= 11 is 1.88. The Morgan fingerprint density at radius 1 is 0.580 bits per heavy atom. The molecule has 0 radical (unpaired) electrons. The largest absolute Gasteiger partial charge is 0.380 e. The summed E-state index contributed by atoms with van der Waals surface area (Å²) in [5.74, 6) is 0. The van der Waals surface area contributed by atoms with E-state index < -0.39 is 0 Å². The summed E-state index contributed by atoms with van der Waals surface area (Å²) in [6, 6.07) is 60.0. The van der Waals surface area contributed by atoms with Gasteiger partial charge < -0.3 is 15.3 Å². The van der Waals surface area contributed by atoms with Gasteiger partial charge in [0.15, 0.2) is 0 Å². The minimum atomic E-state index is 0.471. The summed E-state index contributed by atoms with van der Waals surface area (Å²) < 4.78 is 5.04. The summed E-state index contributed by atoms with van der Waals surface area (Å²) in [6.07, 6.45) is 1.93. The second kappa shape index (κ2) is 12.7. The third kappa shape index (κ3) is 5.36. The molecule has 2 N–H and O–H groups in total. The van der Waals surface area contributed by atoms with E-state index in [1.165, 1.54) is 53.1 Å². The third-order valence-electron chi connectivity index (χ3n) is 9.50. The van der Waals surface area contributed by atoms with Crippen molar-refractivity contribution in [3.63, 3.8) is 0 Å². The van der Waals surface area contributed by atoms with Gasteiger partial charge in [0.05, 0.1) is 16.7 Å². The Labute approximate surface area is 294 Å². The Kier molecular flexibility index (Phi) is 7.57. The topological polar surface area (TPSA) is 40.8 Å². The number of fused-ring (bicyclic) bond motifs is 6. The highest BCUT2D eigenvalue weighted by atomic mass is 32.1. The van der Waals surface area contributed by atoms with Gasteiger partial charge in [-0.15, -0.1) is 11.3 Å². The SMILES string of the molecule is N=C(/C=C(\NCc1cccc(-n2c3ccccc3c3cc(-c4cccc5c4sc4ccccc45)ccc32)c1)c1ccccc1)c1ccccc1. The second-order valence-electron chi connectivity index (χ2n) is 12.6. The van der Waals surface area contributed by atoms with Crippen LogP contribution in [0.2, 0.25) is 0 Å². The molecular weight excluding hydrogens is 627 g/mol. The molecule has 0 bridgehead atoms. The number of allylic oxidation sites excluding steroid dienone is 1. The van der Waals surface area contributed by atoms with Gasteiger partial charge in [0, 0.05) is 48.9 Å². The molecule has 2 heterocycles. The average Bonchev–Trinajstić information content (AvgIpc) is 3.73. The van der Waals surface area contributed by atoms with Crippen LogP contribution in [0.5, 0.6) is 0 Å². The lowest BCUT2D eigenvalue weighted by Gasteiger charge is -2.14. The first-order valence-corrected chi connectivity index (χ1v) is 17.7. The summed E-state index contributed by atoms with van der Waals surface area (Å²) in [5.41, 5.74) is 10.5. The van der Waals surface area contributed by atoms with E-state index in [9.17, 15) is 0 Å². The Balaban J connectivity index is 1.09. The fraction of sp³-hybridized carbons (Fsp3) is 0.0217. The normalized spacial score (nSPS) is 11.9. The van der Waals surface area contributed by atoms with Crippen molar-refractivity contribution in [2.75, 3.05) is 0 Å². The Hall–Kier alpha value is -6.23. The highest BCUT2D eigenvalue weighted by molar-refractivity contribution is 7.26. The Morgan fingerprint density at radius 2 is 1.26 bits per heavy atom. The monoisotopic (exact) mass is 659 g/mol. The fourth-order valence-corrected chi connectivity index (χ4v) is 8.33. The zero-order valence-corrected chi connectivity index (χ0v) is 28.1. The first-order chi connectivity index (χ1) is 24.7. The highest BCUT2D eigenvalue weighted by Gasteiger charge is 2.16. The van der Waals surface area contributed by atoms with E-state index in [1.807, 2.05) is 65.9 Å². The van der Waals surface area contributed by atoms with Gasteiger partial charge in [0.25, 0.3) is 0 Å².